The van der Waals surface area contributed by atoms with E-state index < -0.39 is 0 Å². The van der Waals surface area contributed by atoms with Crippen molar-refractivity contribution >= 4 is 34.7 Å². The van der Waals surface area contributed by atoms with Gasteiger partial charge in [0, 0.05) is 22.3 Å². The van der Waals surface area contributed by atoms with E-state index in [2.05, 4.69) is 15.5 Å². The van der Waals surface area contributed by atoms with Gasteiger partial charge in [0.1, 0.15) is 5.75 Å². The number of benzene rings is 2. The molecule has 112 valence electrons. The number of ether oxygens (including phenoxy) is 1. The fraction of sp³-hybridized carbons (Fsp3) is 0.0625. The molecule has 0 atom stereocenters. The summed E-state index contributed by atoms with van der Waals surface area (Å²) in [4.78, 5) is 0. The number of hydrogen-bond acceptors (Lipinski definition) is 3. The average Bonchev–Trinajstić information content (AvgIpc) is 2.96. The van der Waals surface area contributed by atoms with E-state index in [0.29, 0.717) is 15.9 Å². The number of nitrogens with zero attached hydrogens (tertiary/aromatic N) is 1. The molecule has 4 nitrogen and oxygen atoms in total. The third-order valence-corrected chi connectivity index (χ3v) is 3.71. The van der Waals surface area contributed by atoms with E-state index in [4.69, 9.17) is 27.9 Å². The highest BCUT2D eigenvalue weighted by Crippen LogP contribution is 2.30. The van der Waals surface area contributed by atoms with Crippen LogP contribution < -0.4 is 10.1 Å². The summed E-state index contributed by atoms with van der Waals surface area (Å²) in [5.41, 5.74) is 2.58. The number of hydrogen-bond donors (Lipinski definition) is 2. The van der Waals surface area contributed by atoms with E-state index in [1.54, 1.807) is 19.2 Å². The summed E-state index contributed by atoms with van der Waals surface area (Å²) in [5, 5.41) is 11.6. The topological polar surface area (TPSA) is 49.9 Å². The molecule has 22 heavy (non-hydrogen) atoms. The summed E-state index contributed by atoms with van der Waals surface area (Å²) >= 11 is 12.1. The van der Waals surface area contributed by atoms with Crippen LogP contribution in [0.4, 0.5) is 11.5 Å². The molecule has 2 aromatic carbocycles. The second-order valence-corrected chi connectivity index (χ2v) is 5.49. The lowest BCUT2D eigenvalue weighted by Crippen LogP contribution is -1.90. The van der Waals surface area contributed by atoms with Crippen molar-refractivity contribution in [2.45, 2.75) is 0 Å². The van der Waals surface area contributed by atoms with Crippen LogP contribution >= 0.6 is 23.2 Å². The fourth-order valence-corrected chi connectivity index (χ4v) is 2.56. The third-order valence-electron chi connectivity index (χ3n) is 3.16. The summed E-state index contributed by atoms with van der Waals surface area (Å²) in [5.74, 6) is 1.51. The van der Waals surface area contributed by atoms with Crippen molar-refractivity contribution in [3.63, 3.8) is 0 Å². The molecule has 3 rings (SSSR count). The van der Waals surface area contributed by atoms with E-state index >= 15 is 0 Å². The van der Waals surface area contributed by atoms with Crippen molar-refractivity contribution in [2.24, 2.45) is 0 Å². The van der Waals surface area contributed by atoms with Gasteiger partial charge in [0.05, 0.1) is 17.8 Å². The summed E-state index contributed by atoms with van der Waals surface area (Å²) < 4.78 is 5.13. The first-order valence-corrected chi connectivity index (χ1v) is 7.33. The zero-order valence-electron chi connectivity index (χ0n) is 11.7. The van der Waals surface area contributed by atoms with Gasteiger partial charge < -0.3 is 10.1 Å². The number of methoxy groups -OCH3 is 1. The summed E-state index contributed by atoms with van der Waals surface area (Å²) in [6.07, 6.45) is 0. The highest BCUT2D eigenvalue weighted by atomic mass is 35.5. The van der Waals surface area contributed by atoms with Crippen LogP contribution in [0.5, 0.6) is 5.75 Å². The maximum absolute atomic E-state index is 6.20. The fourth-order valence-electron chi connectivity index (χ4n) is 2.05. The molecule has 0 unspecified atom stereocenters. The second kappa shape index (κ2) is 6.30. The van der Waals surface area contributed by atoms with E-state index in [1.165, 1.54) is 0 Å². The molecule has 1 heterocycles. The van der Waals surface area contributed by atoms with Crippen molar-refractivity contribution in [2.75, 3.05) is 12.4 Å². The molecule has 0 bridgehead atoms. The Balaban J connectivity index is 1.81. The summed E-state index contributed by atoms with van der Waals surface area (Å²) in [6.45, 7) is 0. The molecule has 0 saturated heterocycles. The number of nitrogens with one attached hydrogen (secondary N) is 2. The molecule has 2 N–H and O–H groups in total. The molecule has 0 aliphatic rings. The maximum atomic E-state index is 6.20. The predicted molar refractivity (Wildman–Crippen MR) is 90.3 cm³/mol. The van der Waals surface area contributed by atoms with E-state index in [0.717, 1.165) is 22.7 Å². The molecule has 3 aromatic rings. The van der Waals surface area contributed by atoms with Gasteiger partial charge >= 0.3 is 0 Å². The molecule has 0 aliphatic heterocycles. The molecule has 6 heteroatoms. The lowest BCUT2D eigenvalue weighted by molar-refractivity contribution is 0.415. The lowest BCUT2D eigenvalue weighted by Gasteiger charge is -2.04. The smallest absolute Gasteiger partial charge is 0.152 e. The SMILES string of the molecule is COc1ccc(Nc2cc(-c3ccc(Cl)cc3Cl)[nH]n2)cc1. The Morgan fingerprint density at radius 1 is 1.05 bits per heavy atom. The van der Waals surface area contributed by atoms with Gasteiger partial charge in [-0.05, 0) is 42.5 Å². The molecule has 0 saturated carbocycles. The number of halogens is 2. The van der Waals surface area contributed by atoms with Crippen molar-refractivity contribution < 1.29 is 4.74 Å². The molecular weight excluding hydrogens is 321 g/mol. The van der Waals surface area contributed by atoms with Crippen LogP contribution in [0.15, 0.2) is 48.5 Å². The summed E-state index contributed by atoms with van der Waals surface area (Å²) in [7, 11) is 1.64. The van der Waals surface area contributed by atoms with Crippen molar-refractivity contribution in [3.8, 4) is 17.0 Å². The predicted octanol–water partition coefficient (Wildman–Crippen LogP) is 5.14. The van der Waals surface area contributed by atoms with Gasteiger partial charge in [-0.25, -0.2) is 0 Å². The highest BCUT2D eigenvalue weighted by Gasteiger charge is 2.08. The lowest BCUT2D eigenvalue weighted by atomic mass is 10.1. The van der Waals surface area contributed by atoms with Crippen molar-refractivity contribution in [1.82, 2.24) is 10.2 Å². The first kappa shape index (κ1) is 14.8. The van der Waals surface area contributed by atoms with Gasteiger partial charge in [0.15, 0.2) is 5.82 Å². The Bertz CT molecular complexity index is 784. The van der Waals surface area contributed by atoms with Gasteiger partial charge in [0.25, 0.3) is 0 Å². The van der Waals surface area contributed by atoms with Crippen LogP contribution in [0.1, 0.15) is 0 Å². The van der Waals surface area contributed by atoms with Crippen LogP contribution in [-0.4, -0.2) is 17.3 Å². The third kappa shape index (κ3) is 3.18. The minimum Gasteiger partial charge on any atom is -0.497 e. The number of rotatable bonds is 4. The highest BCUT2D eigenvalue weighted by molar-refractivity contribution is 6.36. The Kier molecular flexibility index (Phi) is 4.22. The van der Waals surface area contributed by atoms with Gasteiger partial charge in [0.2, 0.25) is 0 Å². The Morgan fingerprint density at radius 3 is 2.50 bits per heavy atom. The molecule has 0 radical (unpaired) electrons. The van der Waals surface area contributed by atoms with Crippen LogP contribution in [0, 0.1) is 0 Å². The largest absolute Gasteiger partial charge is 0.497 e. The Labute approximate surface area is 138 Å². The Morgan fingerprint density at radius 2 is 1.82 bits per heavy atom. The first-order valence-electron chi connectivity index (χ1n) is 6.57. The van der Waals surface area contributed by atoms with Crippen LogP contribution in [-0.2, 0) is 0 Å². The maximum Gasteiger partial charge on any atom is 0.152 e. The molecule has 0 fully saturated rings. The normalized spacial score (nSPS) is 10.5. The summed E-state index contributed by atoms with van der Waals surface area (Å²) in [6, 6.07) is 14.8. The van der Waals surface area contributed by atoms with Gasteiger partial charge in [-0.2, -0.15) is 5.10 Å². The average molecular weight is 334 g/mol. The standard InChI is InChI=1S/C16H13Cl2N3O/c1-22-12-5-3-11(4-6-12)19-16-9-15(20-21-16)13-7-2-10(17)8-14(13)18/h2-9H,1H3,(H2,19,20,21). The number of aromatic nitrogens is 2. The first-order chi connectivity index (χ1) is 10.7. The van der Waals surface area contributed by atoms with Crippen LogP contribution in [0.2, 0.25) is 10.0 Å². The quantitative estimate of drug-likeness (QED) is 0.695. The minimum atomic E-state index is 0.576. The van der Waals surface area contributed by atoms with E-state index in [1.807, 2.05) is 36.4 Å². The van der Waals surface area contributed by atoms with Crippen molar-refractivity contribution in [3.05, 3.63) is 58.6 Å². The van der Waals surface area contributed by atoms with E-state index in [9.17, 15) is 0 Å². The van der Waals surface area contributed by atoms with Gasteiger partial charge in [-0.1, -0.05) is 23.2 Å². The van der Waals surface area contributed by atoms with Crippen LogP contribution in [0.25, 0.3) is 11.3 Å². The van der Waals surface area contributed by atoms with Crippen molar-refractivity contribution in [1.29, 1.82) is 0 Å². The second-order valence-electron chi connectivity index (χ2n) is 4.64. The zero-order valence-corrected chi connectivity index (χ0v) is 13.2. The zero-order chi connectivity index (χ0) is 15.5. The van der Waals surface area contributed by atoms with E-state index in [-0.39, 0.29) is 0 Å². The molecule has 1 aromatic heterocycles. The molecule has 0 aliphatic carbocycles. The minimum absolute atomic E-state index is 0.576. The molecule has 0 amide bonds. The number of aromatic amines is 1. The number of H-pyrrole nitrogens is 1. The van der Waals surface area contributed by atoms with Gasteiger partial charge in [-0.3, -0.25) is 5.10 Å². The van der Waals surface area contributed by atoms with Crippen LogP contribution in [0.3, 0.4) is 0 Å². The monoisotopic (exact) mass is 333 g/mol. The Hall–Kier alpha value is -2.17. The van der Waals surface area contributed by atoms with Gasteiger partial charge in [-0.15, -0.1) is 0 Å². The molecular formula is C16H13Cl2N3O. The molecule has 0 spiro atoms. The number of anilines is 2.